The predicted molar refractivity (Wildman–Crippen MR) is 98.0 cm³/mol. The molecule has 1 aliphatic rings. The van der Waals surface area contributed by atoms with Gasteiger partial charge in [0.2, 0.25) is 0 Å². The van der Waals surface area contributed by atoms with Crippen molar-refractivity contribution in [2.24, 2.45) is 0 Å². The van der Waals surface area contributed by atoms with Gasteiger partial charge < -0.3 is 5.32 Å². The third kappa shape index (κ3) is 2.13. The van der Waals surface area contributed by atoms with Gasteiger partial charge in [-0.3, -0.25) is 4.57 Å². The summed E-state index contributed by atoms with van der Waals surface area (Å²) >= 11 is 0. The fourth-order valence-corrected chi connectivity index (χ4v) is 3.16. The molecule has 120 valence electrons. The summed E-state index contributed by atoms with van der Waals surface area (Å²) in [6.45, 7) is 2.08. The second-order valence-corrected chi connectivity index (χ2v) is 6.09. The summed E-state index contributed by atoms with van der Waals surface area (Å²) < 4.78 is 2.08. The maximum atomic E-state index is 4.52. The van der Waals surface area contributed by atoms with Crippen molar-refractivity contribution in [3.05, 3.63) is 72.4 Å². The summed E-state index contributed by atoms with van der Waals surface area (Å²) in [5, 5.41) is 12.4. The number of fused-ring (bicyclic) bond motifs is 5. The molecule has 2 aromatic carbocycles. The smallest absolute Gasteiger partial charge is 0.171 e. The molecule has 5 rings (SSSR count). The standard InChI is InChI=1S/C20H15N5/c1-13-8-10-14(11-9-13)19-23-24-20-15-5-2-3-6-16(15)22-18-17(25(19)20)7-4-12-21-18/h2-12H,1H3,(H,21,22). The van der Waals surface area contributed by atoms with E-state index < -0.39 is 0 Å². The maximum absolute atomic E-state index is 4.52. The molecule has 2 aromatic heterocycles. The molecule has 0 atom stereocenters. The van der Waals surface area contributed by atoms with Crippen molar-refractivity contribution in [2.45, 2.75) is 6.92 Å². The molecule has 3 heterocycles. The zero-order valence-corrected chi connectivity index (χ0v) is 13.6. The number of hydrogen-bond donors (Lipinski definition) is 1. The number of pyridine rings is 1. The van der Waals surface area contributed by atoms with Crippen molar-refractivity contribution >= 4 is 11.5 Å². The zero-order valence-electron chi connectivity index (χ0n) is 13.6. The first-order valence-corrected chi connectivity index (χ1v) is 8.15. The van der Waals surface area contributed by atoms with E-state index in [0.717, 1.165) is 40.0 Å². The van der Waals surface area contributed by atoms with Gasteiger partial charge >= 0.3 is 0 Å². The van der Waals surface area contributed by atoms with Crippen LogP contribution < -0.4 is 5.32 Å². The molecule has 0 aliphatic carbocycles. The minimum Gasteiger partial charge on any atom is -0.338 e. The number of aryl methyl sites for hydroxylation is 1. The van der Waals surface area contributed by atoms with Gasteiger partial charge in [-0.15, -0.1) is 10.2 Å². The van der Waals surface area contributed by atoms with Crippen LogP contribution >= 0.6 is 0 Å². The lowest BCUT2D eigenvalue weighted by Crippen LogP contribution is -2.01. The zero-order chi connectivity index (χ0) is 16.8. The van der Waals surface area contributed by atoms with Gasteiger partial charge in [0.15, 0.2) is 17.5 Å². The fourth-order valence-electron chi connectivity index (χ4n) is 3.16. The first kappa shape index (κ1) is 13.9. The number of benzene rings is 2. The fraction of sp³-hybridized carbons (Fsp3) is 0.0500. The third-order valence-corrected chi connectivity index (χ3v) is 4.42. The molecule has 0 saturated heterocycles. The lowest BCUT2D eigenvalue weighted by atomic mass is 10.1. The van der Waals surface area contributed by atoms with Gasteiger partial charge in [0.05, 0.1) is 11.4 Å². The third-order valence-electron chi connectivity index (χ3n) is 4.42. The summed E-state index contributed by atoms with van der Waals surface area (Å²) in [5.74, 6) is 2.41. The first-order valence-electron chi connectivity index (χ1n) is 8.15. The van der Waals surface area contributed by atoms with Crippen LogP contribution in [0.25, 0.3) is 28.5 Å². The Morgan fingerprint density at radius 2 is 1.64 bits per heavy atom. The van der Waals surface area contributed by atoms with E-state index in [1.807, 2.05) is 36.4 Å². The summed E-state index contributed by atoms with van der Waals surface area (Å²) in [4.78, 5) is 4.52. The minimum absolute atomic E-state index is 0.793. The highest BCUT2D eigenvalue weighted by Gasteiger charge is 2.24. The van der Waals surface area contributed by atoms with Gasteiger partial charge in [0.25, 0.3) is 0 Å². The molecule has 0 spiro atoms. The van der Waals surface area contributed by atoms with Crippen LogP contribution in [0.1, 0.15) is 5.56 Å². The average molecular weight is 325 g/mol. The van der Waals surface area contributed by atoms with E-state index in [9.17, 15) is 0 Å². The Balaban J connectivity index is 1.85. The number of nitrogens with zero attached hydrogens (tertiary/aromatic N) is 4. The maximum Gasteiger partial charge on any atom is 0.171 e. The van der Waals surface area contributed by atoms with Crippen LogP contribution in [0.15, 0.2) is 66.9 Å². The molecule has 5 heteroatoms. The Labute approximate surface area is 145 Å². The number of para-hydroxylation sites is 1. The highest BCUT2D eigenvalue weighted by Crippen LogP contribution is 2.38. The van der Waals surface area contributed by atoms with Gasteiger partial charge in [0, 0.05) is 17.3 Å². The first-order chi connectivity index (χ1) is 12.3. The molecule has 1 aliphatic heterocycles. The highest BCUT2D eigenvalue weighted by molar-refractivity contribution is 5.84. The molecular formula is C20H15N5. The Kier molecular flexibility index (Phi) is 2.94. The molecule has 0 bridgehead atoms. The van der Waals surface area contributed by atoms with Crippen LogP contribution in [0.3, 0.4) is 0 Å². The van der Waals surface area contributed by atoms with Gasteiger partial charge in [-0.25, -0.2) is 4.98 Å². The largest absolute Gasteiger partial charge is 0.338 e. The molecule has 0 fully saturated rings. The van der Waals surface area contributed by atoms with Gasteiger partial charge in [-0.1, -0.05) is 42.0 Å². The predicted octanol–water partition coefficient (Wildman–Crippen LogP) is 4.36. The van der Waals surface area contributed by atoms with E-state index in [4.69, 9.17) is 0 Å². The average Bonchev–Trinajstić information content (AvgIpc) is 3.02. The molecular weight excluding hydrogens is 310 g/mol. The topological polar surface area (TPSA) is 55.6 Å². The van der Waals surface area contributed by atoms with Crippen molar-refractivity contribution in [3.8, 4) is 28.5 Å². The van der Waals surface area contributed by atoms with Crippen LogP contribution in [0, 0.1) is 6.92 Å². The van der Waals surface area contributed by atoms with Crippen LogP contribution in [-0.4, -0.2) is 19.7 Å². The number of aromatic nitrogens is 4. The van der Waals surface area contributed by atoms with Crippen molar-refractivity contribution in [1.82, 2.24) is 19.7 Å². The van der Waals surface area contributed by atoms with Crippen LogP contribution in [-0.2, 0) is 0 Å². The van der Waals surface area contributed by atoms with E-state index in [1.165, 1.54) is 5.56 Å². The van der Waals surface area contributed by atoms with Crippen molar-refractivity contribution in [2.75, 3.05) is 5.32 Å². The van der Waals surface area contributed by atoms with E-state index in [-0.39, 0.29) is 0 Å². The summed E-state index contributed by atoms with van der Waals surface area (Å²) in [6, 6.07) is 20.4. The number of nitrogens with one attached hydrogen (secondary N) is 1. The van der Waals surface area contributed by atoms with Crippen molar-refractivity contribution in [3.63, 3.8) is 0 Å². The number of hydrogen-bond acceptors (Lipinski definition) is 4. The van der Waals surface area contributed by atoms with Crippen LogP contribution in [0.2, 0.25) is 0 Å². The van der Waals surface area contributed by atoms with E-state index in [1.54, 1.807) is 6.20 Å². The van der Waals surface area contributed by atoms with E-state index >= 15 is 0 Å². The second kappa shape index (κ2) is 5.27. The van der Waals surface area contributed by atoms with E-state index in [2.05, 4.69) is 56.3 Å². The van der Waals surface area contributed by atoms with Crippen molar-refractivity contribution in [1.29, 1.82) is 0 Å². The Hall–Kier alpha value is -3.47. The Bertz CT molecular complexity index is 1080. The highest BCUT2D eigenvalue weighted by atomic mass is 15.3. The Morgan fingerprint density at radius 3 is 2.52 bits per heavy atom. The summed E-state index contributed by atoms with van der Waals surface area (Å²) in [7, 11) is 0. The molecule has 0 amide bonds. The lowest BCUT2D eigenvalue weighted by Gasteiger charge is -2.11. The molecule has 0 radical (unpaired) electrons. The number of anilines is 2. The molecule has 4 aromatic rings. The van der Waals surface area contributed by atoms with Gasteiger partial charge in [0.1, 0.15) is 0 Å². The monoisotopic (exact) mass is 325 g/mol. The second-order valence-electron chi connectivity index (χ2n) is 6.09. The quantitative estimate of drug-likeness (QED) is 0.497. The van der Waals surface area contributed by atoms with Crippen LogP contribution in [0.5, 0.6) is 0 Å². The van der Waals surface area contributed by atoms with Crippen molar-refractivity contribution < 1.29 is 0 Å². The molecule has 0 saturated carbocycles. The summed E-state index contributed by atoms with van der Waals surface area (Å²) in [5.41, 5.74) is 5.16. The van der Waals surface area contributed by atoms with E-state index in [0.29, 0.717) is 0 Å². The molecule has 0 unspecified atom stereocenters. The molecule has 5 nitrogen and oxygen atoms in total. The minimum atomic E-state index is 0.793. The summed E-state index contributed by atoms with van der Waals surface area (Å²) in [6.07, 6.45) is 1.79. The van der Waals surface area contributed by atoms with Gasteiger partial charge in [-0.2, -0.15) is 0 Å². The Morgan fingerprint density at radius 1 is 0.840 bits per heavy atom. The van der Waals surface area contributed by atoms with Gasteiger partial charge in [-0.05, 0) is 31.2 Å². The normalized spacial score (nSPS) is 11.7. The number of rotatable bonds is 1. The molecule has 25 heavy (non-hydrogen) atoms. The molecule has 1 N–H and O–H groups in total. The SMILES string of the molecule is Cc1ccc(-c2nnc3n2-c2cccnc2Nc2ccccc2-3)cc1. The lowest BCUT2D eigenvalue weighted by molar-refractivity contribution is 1.06. The van der Waals surface area contributed by atoms with Crippen LogP contribution in [0.4, 0.5) is 11.5 Å².